The normalized spacial score (nSPS) is 19.1. The molecule has 1 atom stereocenters. The summed E-state index contributed by atoms with van der Waals surface area (Å²) in [5, 5.41) is 1.30. The van der Waals surface area contributed by atoms with Crippen molar-refractivity contribution in [1.82, 2.24) is 9.88 Å². The van der Waals surface area contributed by atoms with Crippen LogP contribution in [0.15, 0.2) is 30.5 Å². The van der Waals surface area contributed by atoms with E-state index in [1.807, 2.05) is 11.0 Å². The van der Waals surface area contributed by atoms with Gasteiger partial charge in [-0.2, -0.15) is 12.6 Å². The maximum Gasteiger partial charge on any atom is 0.222 e. The summed E-state index contributed by atoms with van der Waals surface area (Å²) >= 11 is 4.29. The number of para-hydroxylation sites is 1. The highest BCUT2D eigenvalue weighted by molar-refractivity contribution is 7.80. The fourth-order valence-electron chi connectivity index (χ4n) is 2.99. The van der Waals surface area contributed by atoms with E-state index in [1.54, 1.807) is 0 Å². The number of H-pyrrole nitrogens is 1. The topological polar surface area (TPSA) is 36.1 Å². The monoisotopic (exact) mass is 288 g/mol. The lowest BCUT2D eigenvalue weighted by Crippen LogP contribution is -2.26. The highest BCUT2D eigenvalue weighted by Gasteiger charge is 2.27. The highest BCUT2D eigenvalue weighted by Crippen LogP contribution is 2.21. The predicted molar refractivity (Wildman–Crippen MR) is 85.2 cm³/mol. The number of benzene rings is 1. The van der Waals surface area contributed by atoms with E-state index in [-0.39, 0.29) is 0 Å². The molecule has 1 aliphatic heterocycles. The molecule has 1 aromatic carbocycles. The van der Waals surface area contributed by atoms with Crippen LogP contribution in [0.3, 0.4) is 0 Å². The van der Waals surface area contributed by atoms with Crippen LogP contribution < -0.4 is 0 Å². The molecular weight excluding hydrogens is 268 g/mol. The third-order valence-corrected chi connectivity index (χ3v) is 4.62. The number of nitrogens with zero attached hydrogens (tertiary/aromatic N) is 1. The number of amides is 1. The van der Waals surface area contributed by atoms with Gasteiger partial charge in [0, 0.05) is 36.6 Å². The third-order valence-electron chi connectivity index (χ3n) is 4.10. The summed E-state index contributed by atoms with van der Waals surface area (Å²) in [6, 6.07) is 8.36. The largest absolute Gasteiger partial charge is 0.361 e. The van der Waals surface area contributed by atoms with E-state index >= 15 is 0 Å². The second-order valence-electron chi connectivity index (χ2n) is 5.56. The van der Waals surface area contributed by atoms with Crippen LogP contribution in [0.4, 0.5) is 0 Å². The van der Waals surface area contributed by atoms with E-state index in [0.717, 1.165) is 31.7 Å². The fraction of sp³-hybridized carbons (Fsp3) is 0.438. The van der Waals surface area contributed by atoms with E-state index in [0.29, 0.717) is 18.2 Å². The number of nitrogens with one attached hydrogen (secondary N) is 1. The summed E-state index contributed by atoms with van der Waals surface area (Å²) in [5.74, 6) is 1.55. The number of carbonyl (C=O) groups excluding carboxylic acids is 1. The molecule has 2 heterocycles. The summed E-state index contributed by atoms with van der Waals surface area (Å²) in [4.78, 5) is 17.1. The number of fused-ring (bicyclic) bond motifs is 1. The van der Waals surface area contributed by atoms with Crippen LogP contribution in [0, 0.1) is 5.92 Å². The molecule has 1 N–H and O–H groups in total. The Morgan fingerprint density at radius 1 is 1.35 bits per heavy atom. The van der Waals surface area contributed by atoms with Crippen molar-refractivity contribution in [3.63, 3.8) is 0 Å². The van der Waals surface area contributed by atoms with Crippen molar-refractivity contribution in [1.29, 1.82) is 0 Å². The number of aromatic nitrogens is 1. The Labute approximate surface area is 124 Å². The Bertz CT molecular complexity index is 607. The number of thiol groups is 1. The van der Waals surface area contributed by atoms with Crippen LogP contribution in [0.2, 0.25) is 0 Å². The number of aromatic amines is 1. The molecule has 0 spiro atoms. The lowest BCUT2D eigenvalue weighted by Gasteiger charge is -2.15. The Morgan fingerprint density at radius 3 is 3.00 bits per heavy atom. The van der Waals surface area contributed by atoms with Gasteiger partial charge in [0.2, 0.25) is 5.91 Å². The maximum absolute atomic E-state index is 11.8. The molecule has 1 aliphatic rings. The van der Waals surface area contributed by atoms with E-state index in [9.17, 15) is 4.79 Å². The van der Waals surface area contributed by atoms with Crippen molar-refractivity contribution in [2.75, 3.05) is 18.8 Å². The number of likely N-dealkylation sites (tertiary alicyclic amines) is 1. The molecule has 1 saturated heterocycles. The molecule has 3 rings (SSSR count). The van der Waals surface area contributed by atoms with E-state index in [2.05, 4.69) is 42.0 Å². The van der Waals surface area contributed by atoms with Gasteiger partial charge in [0.05, 0.1) is 0 Å². The minimum atomic E-state index is 0.294. The molecule has 106 valence electrons. The molecule has 20 heavy (non-hydrogen) atoms. The molecule has 1 aromatic heterocycles. The summed E-state index contributed by atoms with van der Waals surface area (Å²) in [7, 11) is 0. The quantitative estimate of drug-likeness (QED) is 0.816. The average molecular weight is 288 g/mol. The number of rotatable bonds is 5. The van der Waals surface area contributed by atoms with Gasteiger partial charge in [0.25, 0.3) is 0 Å². The van der Waals surface area contributed by atoms with Gasteiger partial charge >= 0.3 is 0 Å². The van der Waals surface area contributed by atoms with Crippen molar-refractivity contribution in [2.45, 2.75) is 19.3 Å². The maximum atomic E-state index is 11.8. The van der Waals surface area contributed by atoms with Gasteiger partial charge in [-0.3, -0.25) is 4.79 Å². The lowest BCUT2D eigenvalue weighted by molar-refractivity contribution is -0.127. The van der Waals surface area contributed by atoms with Crippen molar-refractivity contribution in [3.05, 3.63) is 36.0 Å². The minimum absolute atomic E-state index is 0.294. The van der Waals surface area contributed by atoms with E-state index < -0.39 is 0 Å². The van der Waals surface area contributed by atoms with Crippen LogP contribution >= 0.6 is 12.6 Å². The molecule has 1 fully saturated rings. The average Bonchev–Trinajstić information content (AvgIpc) is 3.04. The summed E-state index contributed by atoms with van der Waals surface area (Å²) < 4.78 is 0. The van der Waals surface area contributed by atoms with Gasteiger partial charge < -0.3 is 9.88 Å². The molecule has 3 nitrogen and oxygen atoms in total. The smallest absolute Gasteiger partial charge is 0.222 e. The second kappa shape index (κ2) is 5.92. The van der Waals surface area contributed by atoms with Crippen molar-refractivity contribution in [2.24, 2.45) is 5.92 Å². The SMILES string of the molecule is O=C1CC(CS)CN1CCCc1c[nH]c2ccccc12. The van der Waals surface area contributed by atoms with Crippen LogP contribution in [0.1, 0.15) is 18.4 Å². The third kappa shape index (κ3) is 2.70. The Kier molecular flexibility index (Phi) is 4.01. The van der Waals surface area contributed by atoms with Gasteiger partial charge in [-0.05, 0) is 36.1 Å². The fourth-order valence-corrected chi connectivity index (χ4v) is 3.24. The predicted octanol–water partition coefficient (Wildman–Crippen LogP) is 2.88. The first-order valence-electron chi connectivity index (χ1n) is 7.21. The number of carbonyl (C=O) groups is 1. The molecule has 4 heteroatoms. The number of aryl methyl sites for hydroxylation is 1. The Hall–Kier alpha value is -1.42. The Balaban J connectivity index is 1.57. The number of hydrogen-bond acceptors (Lipinski definition) is 2. The van der Waals surface area contributed by atoms with Crippen LogP contribution in [-0.4, -0.2) is 34.6 Å². The van der Waals surface area contributed by atoms with E-state index in [4.69, 9.17) is 0 Å². The lowest BCUT2D eigenvalue weighted by atomic mass is 10.1. The summed E-state index contributed by atoms with van der Waals surface area (Å²) in [5.41, 5.74) is 2.54. The van der Waals surface area contributed by atoms with Crippen molar-refractivity contribution < 1.29 is 4.79 Å². The molecule has 0 saturated carbocycles. The van der Waals surface area contributed by atoms with E-state index in [1.165, 1.54) is 16.5 Å². The van der Waals surface area contributed by atoms with Crippen LogP contribution in [0.25, 0.3) is 10.9 Å². The van der Waals surface area contributed by atoms with Gasteiger partial charge in [-0.1, -0.05) is 18.2 Å². The molecule has 0 radical (unpaired) electrons. The molecule has 1 unspecified atom stereocenters. The zero-order valence-electron chi connectivity index (χ0n) is 11.5. The zero-order chi connectivity index (χ0) is 13.9. The Morgan fingerprint density at radius 2 is 2.20 bits per heavy atom. The van der Waals surface area contributed by atoms with Gasteiger partial charge in [-0.15, -0.1) is 0 Å². The summed E-state index contributed by atoms with van der Waals surface area (Å²) in [6.45, 7) is 1.75. The molecule has 2 aromatic rings. The molecular formula is C16H20N2OS. The standard InChI is InChI=1S/C16H20N2OS/c19-16-8-12(11-20)10-18(16)7-3-4-13-9-17-15-6-2-1-5-14(13)15/h1-2,5-6,9,12,17,20H,3-4,7-8,10-11H2. The summed E-state index contributed by atoms with van der Waals surface area (Å²) in [6.07, 6.45) is 4.80. The van der Waals surface area contributed by atoms with Crippen LogP contribution in [-0.2, 0) is 11.2 Å². The first kappa shape index (κ1) is 13.6. The first-order chi connectivity index (χ1) is 9.78. The van der Waals surface area contributed by atoms with Crippen molar-refractivity contribution in [3.8, 4) is 0 Å². The van der Waals surface area contributed by atoms with Gasteiger partial charge in [-0.25, -0.2) is 0 Å². The first-order valence-corrected chi connectivity index (χ1v) is 7.85. The zero-order valence-corrected chi connectivity index (χ0v) is 12.4. The highest BCUT2D eigenvalue weighted by atomic mass is 32.1. The van der Waals surface area contributed by atoms with Crippen molar-refractivity contribution >= 4 is 29.4 Å². The van der Waals surface area contributed by atoms with Crippen LogP contribution in [0.5, 0.6) is 0 Å². The second-order valence-corrected chi connectivity index (χ2v) is 5.92. The number of hydrogen-bond donors (Lipinski definition) is 2. The molecule has 0 aliphatic carbocycles. The molecule has 1 amide bonds. The van der Waals surface area contributed by atoms with Gasteiger partial charge in [0.15, 0.2) is 0 Å². The van der Waals surface area contributed by atoms with Gasteiger partial charge in [0.1, 0.15) is 0 Å². The minimum Gasteiger partial charge on any atom is -0.361 e. The molecule has 0 bridgehead atoms.